The van der Waals surface area contributed by atoms with E-state index in [1.54, 1.807) is 24.1 Å². The van der Waals surface area contributed by atoms with E-state index in [9.17, 15) is 9.59 Å². The SMILES string of the molecule is COc1ccc(CN2C(=O)C(C)(C)c3cc4[nH]c(NC(=O)c5ccccc5)nc4cc32)cc1. The number of methoxy groups -OCH3 is 1. The minimum absolute atomic E-state index is 0.0403. The van der Waals surface area contributed by atoms with E-state index >= 15 is 0 Å². The summed E-state index contributed by atoms with van der Waals surface area (Å²) in [5, 5.41) is 2.82. The van der Waals surface area contributed by atoms with Crippen LogP contribution in [0.25, 0.3) is 11.0 Å². The maximum Gasteiger partial charge on any atom is 0.257 e. The molecule has 0 radical (unpaired) electrons. The molecule has 0 aliphatic carbocycles. The number of aromatic amines is 1. The third-order valence-corrected chi connectivity index (χ3v) is 6.11. The highest BCUT2D eigenvalue weighted by Crippen LogP contribution is 2.44. The standard InChI is InChI=1S/C26H24N4O3/c1-26(2)19-13-20-21(28-25(27-20)29-23(31)17-7-5-4-6-8-17)14-22(19)30(24(26)32)15-16-9-11-18(33-3)12-10-16/h4-14H,15H2,1-3H3,(H2,27,28,29,31). The molecule has 1 aliphatic rings. The molecule has 1 aromatic heterocycles. The van der Waals surface area contributed by atoms with Crippen LogP contribution in [0.1, 0.15) is 35.3 Å². The first-order valence-corrected chi connectivity index (χ1v) is 10.7. The summed E-state index contributed by atoms with van der Waals surface area (Å²) in [6.45, 7) is 4.32. The van der Waals surface area contributed by atoms with Gasteiger partial charge in [-0.2, -0.15) is 0 Å². The van der Waals surface area contributed by atoms with Gasteiger partial charge in [0.15, 0.2) is 0 Å². The van der Waals surface area contributed by atoms with Crippen LogP contribution in [-0.4, -0.2) is 28.9 Å². The Morgan fingerprint density at radius 1 is 1.09 bits per heavy atom. The van der Waals surface area contributed by atoms with Crippen molar-refractivity contribution in [1.82, 2.24) is 9.97 Å². The minimum Gasteiger partial charge on any atom is -0.497 e. The number of rotatable bonds is 5. The zero-order chi connectivity index (χ0) is 23.2. The Hall–Kier alpha value is -4.13. The number of imidazole rings is 1. The third kappa shape index (κ3) is 3.61. The van der Waals surface area contributed by atoms with Crippen molar-refractivity contribution >= 4 is 34.5 Å². The molecular formula is C26H24N4O3. The van der Waals surface area contributed by atoms with Crippen LogP contribution in [0.4, 0.5) is 11.6 Å². The topological polar surface area (TPSA) is 87.3 Å². The van der Waals surface area contributed by atoms with Gasteiger partial charge in [0.2, 0.25) is 11.9 Å². The summed E-state index contributed by atoms with van der Waals surface area (Å²) < 4.78 is 5.23. The quantitative estimate of drug-likeness (QED) is 0.473. The zero-order valence-corrected chi connectivity index (χ0v) is 18.7. The molecule has 0 saturated carbocycles. The second-order valence-electron chi connectivity index (χ2n) is 8.66. The first-order chi connectivity index (χ1) is 15.9. The van der Waals surface area contributed by atoms with Crippen LogP contribution >= 0.6 is 0 Å². The first-order valence-electron chi connectivity index (χ1n) is 10.7. The lowest BCUT2D eigenvalue weighted by Gasteiger charge is -2.20. The Bertz CT molecular complexity index is 1360. The lowest BCUT2D eigenvalue weighted by molar-refractivity contribution is -0.122. The number of ether oxygens (including phenoxy) is 1. The Balaban J connectivity index is 1.48. The molecule has 0 unspecified atom stereocenters. The summed E-state index contributed by atoms with van der Waals surface area (Å²) in [6.07, 6.45) is 0. The van der Waals surface area contributed by atoms with E-state index in [-0.39, 0.29) is 11.8 Å². The molecule has 7 heteroatoms. The number of fused-ring (bicyclic) bond motifs is 2. The van der Waals surface area contributed by atoms with E-state index in [2.05, 4.69) is 15.3 Å². The van der Waals surface area contributed by atoms with Gasteiger partial charge in [0.1, 0.15) is 5.75 Å². The number of hydrogen-bond acceptors (Lipinski definition) is 4. The highest BCUT2D eigenvalue weighted by Gasteiger charge is 2.44. The average Bonchev–Trinajstić information content (AvgIpc) is 3.30. The molecule has 2 heterocycles. The van der Waals surface area contributed by atoms with Gasteiger partial charge in [-0.05, 0) is 61.4 Å². The molecule has 0 saturated heterocycles. The number of amides is 2. The van der Waals surface area contributed by atoms with Crippen molar-refractivity contribution in [2.24, 2.45) is 0 Å². The lowest BCUT2D eigenvalue weighted by atomic mass is 9.86. The predicted octanol–water partition coefficient (Wildman–Crippen LogP) is 4.65. The summed E-state index contributed by atoms with van der Waals surface area (Å²) in [5.41, 5.74) is 4.10. The average molecular weight is 441 g/mol. The van der Waals surface area contributed by atoms with Crippen LogP contribution < -0.4 is 15.0 Å². The highest BCUT2D eigenvalue weighted by atomic mass is 16.5. The fourth-order valence-electron chi connectivity index (χ4n) is 4.23. The van der Waals surface area contributed by atoms with Crippen LogP contribution in [0, 0.1) is 0 Å². The lowest BCUT2D eigenvalue weighted by Crippen LogP contribution is -2.35. The molecule has 0 spiro atoms. The van der Waals surface area contributed by atoms with Crippen LogP contribution in [0.5, 0.6) is 5.75 Å². The van der Waals surface area contributed by atoms with E-state index in [1.165, 1.54) is 0 Å². The molecule has 166 valence electrons. The number of H-pyrrole nitrogens is 1. The summed E-state index contributed by atoms with van der Waals surface area (Å²) in [7, 11) is 1.63. The molecule has 0 atom stereocenters. The second kappa shape index (κ2) is 7.78. The maximum absolute atomic E-state index is 13.3. The van der Waals surface area contributed by atoms with Crippen molar-refractivity contribution in [3.05, 3.63) is 83.4 Å². The molecule has 4 aromatic rings. The first kappa shape index (κ1) is 20.8. The molecule has 1 aliphatic heterocycles. The monoisotopic (exact) mass is 440 g/mol. The van der Waals surface area contributed by atoms with Gasteiger partial charge >= 0.3 is 0 Å². The Kier molecular flexibility index (Phi) is 4.89. The molecular weight excluding hydrogens is 416 g/mol. The van der Waals surface area contributed by atoms with Crippen molar-refractivity contribution in [1.29, 1.82) is 0 Å². The normalized spacial score (nSPS) is 14.4. The van der Waals surface area contributed by atoms with Crippen molar-refractivity contribution < 1.29 is 14.3 Å². The van der Waals surface area contributed by atoms with E-state index in [1.807, 2.05) is 68.4 Å². The Morgan fingerprint density at radius 3 is 2.52 bits per heavy atom. The van der Waals surface area contributed by atoms with Crippen molar-refractivity contribution in [2.75, 3.05) is 17.3 Å². The van der Waals surface area contributed by atoms with Crippen LogP contribution in [0.2, 0.25) is 0 Å². The number of carbonyl (C=O) groups is 2. The molecule has 0 bridgehead atoms. The molecule has 2 N–H and O–H groups in total. The number of hydrogen-bond donors (Lipinski definition) is 2. The van der Waals surface area contributed by atoms with Gasteiger partial charge in [-0.15, -0.1) is 0 Å². The summed E-state index contributed by atoms with van der Waals surface area (Å²) >= 11 is 0. The van der Waals surface area contributed by atoms with Gasteiger partial charge in [-0.25, -0.2) is 4.98 Å². The molecule has 7 nitrogen and oxygen atoms in total. The number of nitrogens with zero attached hydrogens (tertiary/aromatic N) is 2. The van der Waals surface area contributed by atoms with Crippen LogP contribution in [0.3, 0.4) is 0 Å². The van der Waals surface area contributed by atoms with Gasteiger partial charge < -0.3 is 14.6 Å². The van der Waals surface area contributed by atoms with Crippen LogP contribution in [0.15, 0.2) is 66.7 Å². The minimum atomic E-state index is -0.672. The fraction of sp³-hybridized carbons (Fsp3) is 0.192. The predicted molar refractivity (Wildman–Crippen MR) is 128 cm³/mol. The van der Waals surface area contributed by atoms with Crippen molar-refractivity contribution in [3.8, 4) is 5.75 Å². The van der Waals surface area contributed by atoms with Gasteiger partial charge in [0.25, 0.3) is 5.91 Å². The number of benzene rings is 3. The smallest absolute Gasteiger partial charge is 0.257 e. The summed E-state index contributed by atoms with van der Waals surface area (Å²) in [6, 6.07) is 20.6. The number of carbonyl (C=O) groups excluding carboxylic acids is 2. The van der Waals surface area contributed by atoms with Crippen molar-refractivity contribution in [2.45, 2.75) is 25.8 Å². The van der Waals surface area contributed by atoms with Crippen LogP contribution in [-0.2, 0) is 16.8 Å². The number of aromatic nitrogens is 2. The van der Waals surface area contributed by atoms with Crippen molar-refractivity contribution in [3.63, 3.8) is 0 Å². The van der Waals surface area contributed by atoms with Gasteiger partial charge in [-0.1, -0.05) is 30.3 Å². The van der Waals surface area contributed by atoms with E-state index in [4.69, 9.17) is 4.74 Å². The van der Waals surface area contributed by atoms with E-state index in [0.717, 1.165) is 28.1 Å². The second-order valence-corrected chi connectivity index (χ2v) is 8.66. The number of nitrogens with one attached hydrogen (secondary N) is 2. The Morgan fingerprint density at radius 2 is 1.82 bits per heavy atom. The van der Waals surface area contributed by atoms with E-state index < -0.39 is 5.41 Å². The molecule has 33 heavy (non-hydrogen) atoms. The zero-order valence-electron chi connectivity index (χ0n) is 18.7. The highest BCUT2D eigenvalue weighted by molar-refractivity contribution is 6.10. The number of anilines is 2. The largest absolute Gasteiger partial charge is 0.497 e. The van der Waals surface area contributed by atoms with Gasteiger partial charge in [0.05, 0.1) is 35.8 Å². The maximum atomic E-state index is 13.3. The molecule has 2 amide bonds. The fourth-order valence-corrected chi connectivity index (χ4v) is 4.23. The molecule has 0 fully saturated rings. The molecule has 3 aromatic carbocycles. The molecule has 5 rings (SSSR count). The summed E-state index contributed by atoms with van der Waals surface area (Å²) in [5.74, 6) is 0.946. The Labute approximate surface area is 191 Å². The van der Waals surface area contributed by atoms with Gasteiger partial charge in [-0.3, -0.25) is 14.9 Å². The summed E-state index contributed by atoms with van der Waals surface area (Å²) in [4.78, 5) is 35.3. The van der Waals surface area contributed by atoms with Gasteiger partial charge in [0, 0.05) is 5.56 Å². The third-order valence-electron chi connectivity index (χ3n) is 6.11. The van der Waals surface area contributed by atoms with E-state index in [0.29, 0.717) is 23.6 Å².